The van der Waals surface area contributed by atoms with Gasteiger partial charge in [0.05, 0.1) is 12.3 Å². The maximum absolute atomic E-state index is 5.89. The van der Waals surface area contributed by atoms with E-state index in [1.165, 1.54) is 18.6 Å². The zero-order valence-electron chi connectivity index (χ0n) is 11.1. The quantitative estimate of drug-likeness (QED) is 0.827. The largest absolute Gasteiger partial charge is 0.488 e. The van der Waals surface area contributed by atoms with Gasteiger partial charge < -0.3 is 15.0 Å². The topological polar surface area (TPSA) is 49.2 Å². The molecule has 104 valence electrons. The summed E-state index contributed by atoms with van der Waals surface area (Å²) < 4.78 is 15.7. The SMILES string of the molecule is C1COC2=C(N3CCNCC3)N=S(C3CC3)N=C2C1. The van der Waals surface area contributed by atoms with Gasteiger partial charge in [-0.15, -0.1) is 0 Å². The lowest BCUT2D eigenvalue weighted by atomic mass is 10.1. The molecule has 1 saturated carbocycles. The Kier molecular flexibility index (Phi) is 3.07. The molecule has 19 heavy (non-hydrogen) atoms. The van der Waals surface area contributed by atoms with Gasteiger partial charge in [0.2, 0.25) is 0 Å². The van der Waals surface area contributed by atoms with Crippen LogP contribution >= 0.6 is 0 Å². The van der Waals surface area contributed by atoms with Gasteiger partial charge in [0.1, 0.15) is 0 Å². The standard InChI is InChI=1S/C13H20N4OS/c1-2-11-12(18-9-1)13(17-7-5-14-6-8-17)16-19(15-11)10-3-4-10/h10,14H,1-9H2. The van der Waals surface area contributed by atoms with Crippen molar-refractivity contribution in [2.45, 2.75) is 30.9 Å². The van der Waals surface area contributed by atoms with Crippen molar-refractivity contribution in [2.75, 3.05) is 32.8 Å². The lowest BCUT2D eigenvalue weighted by molar-refractivity contribution is 0.192. The van der Waals surface area contributed by atoms with Crippen molar-refractivity contribution < 1.29 is 4.74 Å². The zero-order chi connectivity index (χ0) is 12.7. The highest BCUT2D eigenvalue weighted by Gasteiger charge is 2.33. The van der Waals surface area contributed by atoms with Crippen LogP contribution in [0.4, 0.5) is 0 Å². The summed E-state index contributed by atoms with van der Waals surface area (Å²) in [7, 11) is -0.122. The lowest BCUT2D eigenvalue weighted by Crippen LogP contribution is -2.44. The molecule has 2 saturated heterocycles. The number of piperazine rings is 1. The molecule has 1 unspecified atom stereocenters. The Bertz CT molecular complexity index is 475. The summed E-state index contributed by atoms with van der Waals surface area (Å²) in [6, 6.07) is 0. The van der Waals surface area contributed by atoms with Crippen molar-refractivity contribution >= 4 is 16.6 Å². The number of fused-ring (bicyclic) bond motifs is 1. The molecule has 0 aromatic carbocycles. The number of hydrogen-bond donors (Lipinski definition) is 1. The van der Waals surface area contributed by atoms with E-state index in [9.17, 15) is 0 Å². The molecule has 3 aliphatic heterocycles. The number of allylic oxidation sites excluding steroid dienone is 1. The molecule has 1 aliphatic carbocycles. The fraction of sp³-hybridized carbons (Fsp3) is 0.769. The Morgan fingerprint density at radius 2 is 2.11 bits per heavy atom. The second-order valence-electron chi connectivity index (χ2n) is 5.46. The van der Waals surface area contributed by atoms with Gasteiger partial charge in [-0.3, -0.25) is 0 Å². The van der Waals surface area contributed by atoms with Gasteiger partial charge in [-0.2, -0.15) is 4.36 Å². The molecule has 4 aliphatic rings. The average molecular weight is 280 g/mol. The van der Waals surface area contributed by atoms with Crippen LogP contribution in [0.3, 0.4) is 0 Å². The van der Waals surface area contributed by atoms with Gasteiger partial charge in [-0.1, -0.05) is 0 Å². The predicted molar refractivity (Wildman–Crippen MR) is 76.9 cm³/mol. The van der Waals surface area contributed by atoms with E-state index in [2.05, 4.69) is 10.2 Å². The van der Waals surface area contributed by atoms with Gasteiger partial charge in [0.25, 0.3) is 0 Å². The maximum Gasteiger partial charge on any atom is 0.184 e. The molecule has 0 aromatic heterocycles. The molecular formula is C13H20N4OS. The Hall–Kier alpha value is -0.880. The highest BCUT2D eigenvalue weighted by atomic mass is 32.2. The first-order valence-electron chi connectivity index (χ1n) is 7.27. The van der Waals surface area contributed by atoms with E-state index in [1.807, 2.05) is 0 Å². The van der Waals surface area contributed by atoms with E-state index in [-0.39, 0.29) is 10.9 Å². The Balaban J connectivity index is 1.70. The summed E-state index contributed by atoms with van der Waals surface area (Å²) in [5, 5.41) is 4.11. The van der Waals surface area contributed by atoms with E-state index in [0.29, 0.717) is 5.25 Å². The molecular weight excluding hydrogens is 260 g/mol. The van der Waals surface area contributed by atoms with Gasteiger partial charge in [0.15, 0.2) is 11.6 Å². The Morgan fingerprint density at radius 3 is 2.89 bits per heavy atom. The molecule has 0 aromatic rings. The second kappa shape index (κ2) is 4.90. The summed E-state index contributed by atoms with van der Waals surface area (Å²) in [5.74, 6) is 2.08. The first-order valence-corrected chi connectivity index (χ1v) is 8.48. The highest BCUT2D eigenvalue weighted by Crippen LogP contribution is 2.34. The van der Waals surface area contributed by atoms with Crippen LogP contribution in [0.15, 0.2) is 20.3 Å². The van der Waals surface area contributed by atoms with Crippen LogP contribution in [0.5, 0.6) is 0 Å². The fourth-order valence-electron chi connectivity index (χ4n) is 2.66. The van der Waals surface area contributed by atoms with Gasteiger partial charge in [-0.05, 0) is 25.7 Å². The predicted octanol–water partition coefficient (Wildman–Crippen LogP) is 1.20. The van der Waals surface area contributed by atoms with Crippen molar-refractivity contribution in [1.29, 1.82) is 0 Å². The third-order valence-electron chi connectivity index (χ3n) is 3.89. The lowest BCUT2D eigenvalue weighted by Gasteiger charge is -2.33. The first kappa shape index (κ1) is 11.9. The molecule has 0 spiro atoms. The summed E-state index contributed by atoms with van der Waals surface area (Å²) >= 11 is 0. The summed E-state index contributed by atoms with van der Waals surface area (Å²) in [6.45, 7) is 4.95. The molecule has 1 atom stereocenters. The minimum atomic E-state index is -0.122. The second-order valence-corrected chi connectivity index (χ2v) is 7.08. The van der Waals surface area contributed by atoms with Crippen LogP contribution in [0.1, 0.15) is 25.7 Å². The normalized spacial score (nSPS) is 31.3. The van der Waals surface area contributed by atoms with Crippen LogP contribution in [0.25, 0.3) is 0 Å². The van der Waals surface area contributed by atoms with Crippen molar-refractivity contribution in [1.82, 2.24) is 10.2 Å². The van der Waals surface area contributed by atoms with Crippen LogP contribution in [0, 0.1) is 0 Å². The van der Waals surface area contributed by atoms with Crippen LogP contribution < -0.4 is 5.32 Å². The number of nitrogens with one attached hydrogen (secondary N) is 1. The van der Waals surface area contributed by atoms with Gasteiger partial charge in [0, 0.05) is 42.3 Å². The van der Waals surface area contributed by atoms with E-state index < -0.39 is 0 Å². The maximum atomic E-state index is 5.89. The molecule has 3 heterocycles. The molecule has 6 heteroatoms. The molecule has 4 rings (SSSR count). The third kappa shape index (κ3) is 2.31. The van der Waals surface area contributed by atoms with Crippen molar-refractivity contribution in [2.24, 2.45) is 8.76 Å². The fourth-order valence-corrected chi connectivity index (χ4v) is 4.33. The Morgan fingerprint density at radius 1 is 1.26 bits per heavy atom. The number of ether oxygens (including phenoxy) is 1. The third-order valence-corrected chi connectivity index (χ3v) is 5.73. The molecule has 0 radical (unpaired) electrons. The zero-order valence-corrected chi connectivity index (χ0v) is 11.9. The van der Waals surface area contributed by atoms with Gasteiger partial charge in [-0.25, -0.2) is 4.40 Å². The van der Waals surface area contributed by atoms with Gasteiger partial charge >= 0.3 is 0 Å². The van der Waals surface area contributed by atoms with Crippen molar-refractivity contribution in [3.8, 4) is 0 Å². The van der Waals surface area contributed by atoms with Crippen LogP contribution in [0.2, 0.25) is 0 Å². The molecule has 5 nitrogen and oxygen atoms in total. The Labute approximate surface area is 116 Å². The summed E-state index contributed by atoms with van der Waals surface area (Å²) in [4.78, 5) is 2.38. The van der Waals surface area contributed by atoms with Crippen LogP contribution in [-0.2, 0) is 15.6 Å². The molecule has 0 bridgehead atoms. The summed E-state index contributed by atoms with van der Waals surface area (Å²) in [6.07, 6.45) is 4.76. The first-order chi connectivity index (χ1) is 9.42. The minimum Gasteiger partial charge on any atom is -0.488 e. The molecule has 1 N–H and O–H groups in total. The summed E-state index contributed by atoms with van der Waals surface area (Å²) in [5.41, 5.74) is 1.19. The molecule has 0 amide bonds. The van der Waals surface area contributed by atoms with Crippen molar-refractivity contribution in [3.05, 3.63) is 11.6 Å². The smallest absolute Gasteiger partial charge is 0.184 e. The monoisotopic (exact) mass is 280 g/mol. The molecule has 3 fully saturated rings. The van der Waals surface area contributed by atoms with E-state index in [0.717, 1.165) is 57.2 Å². The van der Waals surface area contributed by atoms with E-state index in [1.54, 1.807) is 0 Å². The highest BCUT2D eigenvalue weighted by molar-refractivity contribution is 7.87. The number of nitrogens with zero attached hydrogens (tertiary/aromatic N) is 3. The van der Waals surface area contributed by atoms with Crippen LogP contribution in [-0.4, -0.2) is 48.6 Å². The average Bonchev–Trinajstić information content (AvgIpc) is 3.32. The minimum absolute atomic E-state index is 0.122. The number of hydrogen-bond acceptors (Lipinski definition) is 5. The number of rotatable bonds is 2. The van der Waals surface area contributed by atoms with E-state index >= 15 is 0 Å². The van der Waals surface area contributed by atoms with E-state index in [4.69, 9.17) is 13.5 Å². The van der Waals surface area contributed by atoms with Crippen molar-refractivity contribution in [3.63, 3.8) is 0 Å².